The first-order valence-corrected chi connectivity index (χ1v) is 6.66. The van der Waals surface area contributed by atoms with Gasteiger partial charge in [0.2, 0.25) is 0 Å². The van der Waals surface area contributed by atoms with Crippen molar-refractivity contribution < 1.29 is 9.50 Å². The Kier molecular flexibility index (Phi) is 3.50. The Balaban J connectivity index is 2.23. The van der Waals surface area contributed by atoms with E-state index in [1.54, 1.807) is 36.7 Å². The Labute approximate surface area is 122 Å². The van der Waals surface area contributed by atoms with E-state index in [-0.39, 0.29) is 5.82 Å². The molecule has 1 heterocycles. The van der Waals surface area contributed by atoms with Gasteiger partial charge in [-0.2, -0.15) is 0 Å². The number of rotatable bonds is 3. The van der Waals surface area contributed by atoms with E-state index in [1.165, 1.54) is 12.1 Å². The second-order valence-electron chi connectivity index (χ2n) is 4.82. The predicted octanol–water partition coefficient (Wildman–Crippen LogP) is 3.50. The summed E-state index contributed by atoms with van der Waals surface area (Å²) in [5.74, 6) is -0.330. The van der Waals surface area contributed by atoms with Gasteiger partial charge in [0.1, 0.15) is 11.4 Å². The summed E-state index contributed by atoms with van der Waals surface area (Å²) in [4.78, 5) is 3.99. The van der Waals surface area contributed by atoms with E-state index in [4.69, 9.17) is 0 Å². The number of pyridine rings is 1. The van der Waals surface area contributed by atoms with Crippen LogP contribution in [-0.4, -0.2) is 10.1 Å². The Morgan fingerprint density at radius 1 is 0.714 bits per heavy atom. The van der Waals surface area contributed by atoms with Gasteiger partial charge in [-0.1, -0.05) is 42.5 Å². The molecule has 1 N–H and O–H groups in total. The number of halogens is 1. The third-order valence-electron chi connectivity index (χ3n) is 3.55. The first kappa shape index (κ1) is 13.5. The van der Waals surface area contributed by atoms with Gasteiger partial charge in [-0.05, 0) is 41.0 Å². The topological polar surface area (TPSA) is 33.1 Å². The van der Waals surface area contributed by atoms with Gasteiger partial charge in [0.25, 0.3) is 0 Å². The fourth-order valence-electron chi connectivity index (χ4n) is 2.46. The zero-order chi connectivity index (χ0) is 14.7. The number of aliphatic hydroxyl groups is 1. The van der Waals surface area contributed by atoms with E-state index < -0.39 is 5.60 Å². The van der Waals surface area contributed by atoms with Crippen molar-refractivity contribution in [3.8, 4) is 0 Å². The number of benzene rings is 2. The lowest BCUT2D eigenvalue weighted by atomic mass is 9.81. The highest BCUT2D eigenvalue weighted by Gasteiger charge is 2.33. The van der Waals surface area contributed by atoms with Crippen molar-refractivity contribution in [2.75, 3.05) is 0 Å². The lowest BCUT2D eigenvalue weighted by molar-refractivity contribution is 0.125. The van der Waals surface area contributed by atoms with E-state index in [2.05, 4.69) is 4.98 Å². The second-order valence-corrected chi connectivity index (χ2v) is 4.82. The van der Waals surface area contributed by atoms with Crippen LogP contribution in [-0.2, 0) is 5.60 Å². The van der Waals surface area contributed by atoms with E-state index in [0.29, 0.717) is 11.1 Å². The summed E-state index contributed by atoms with van der Waals surface area (Å²) < 4.78 is 13.2. The third kappa shape index (κ3) is 2.43. The molecule has 0 saturated carbocycles. The predicted molar refractivity (Wildman–Crippen MR) is 79.2 cm³/mol. The van der Waals surface area contributed by atoms with Crippen LogP contribution in [0.15, 0.2) is 79.1 Å². The maximum atomic E-state index is 13.2. The minimum Gasteiger partial charge on any atom is -0.376 e. The summed E-state index contributed by atoms with van der Waals surface area (Å²) in [6.45, 7) is 0. The molecule has 3 rings (SSSR count). The van der Waals surface area contributed by atoms with Gasteiger partial charge in [0.05, 0.1) is 0 Å². The quantitative estimate of drug-likeness (QED) is 0.796. The first-order chi connectivity index (χ1) is 10.2. The summed E-state index contributed by atoms with van der Waals surface area (Å²) in [5, 5.41) is 11.4. The molecule has 0 bridgehead atoms. The zero-order valence-electron chi connectivity index (χ0n) is 11.3. The zero-order valence-corrected chi connectivity index (χ0v) is 11.3. The summed E-state index contributed by atoms with van der Waals surface area (Å²) in [6.07, 6.45) is 3.26. The van der Waals surface area contributed by atoms with Crippen LogP contribution >= 0.6 is 0 Å². The molecule has 0 aliphatic heterocycles. The molecule has 2 nitrogen and oxygen atoms in total. The van der Waals surface area contributed by atoms with Gasteiger partial charge >= 0.3 is 0 Å². The molecule has 3 heteroatoms. The lowest BCUT2D eigenvalue weighted by Gasteiger charge is -2.30. The molecule has 104 valence electrons. The molecule has 0 amide bonds. The van der Waals surface area contributed by atoms with Crippen LogP contribution in [0.2, 0.25) is 0 Å². The molecule has 0 aliphatic carbocycles. The van der Waals surface area contributed by atoms with Gasteiger partial charge in [-0.3, -0.25) is 4.98 Å². The second kappa shape index (κ2) is 5.46. The van der Waals surface area contributed by atoms with E-state index in [9.17, 15) is 9.50 Å². The van der Waals surface area contributed by atoms with Gasteiger partial charge < -0.3 is 5.11 Å². The fourth-order valence-corrected chi connectivity index (χ4v) is 2.46. The summed E-state index contributed by atoms with van der Waals surface area (Å²) >= 11 is 0. The highest BCUT2D eigenvalue weighted by Crippen LogP contribution is 2.36. The molecule has 2 aromatic carbocycles. The van der Waals surface area contributed by atoms with E-state index in [0.717, 1.165) is 5.56 Å². The van der Waals surface area contributed by atoms with Crippen molar-refractivity contribution in [3.05, 3.63) is 102 Å². The smallest absolute Gasteiger partial charge is 0.140 e. The van der Waals surface area contributed by atoms with Gasteiger partial charge in [0.15, 0.2) is 0 Å². The molecule has 1 aromatic heterocycles. The molecule has 0 saturated heterocycles. The Morgan fingerprint density at radius 3 is 1.86 bits per heavy atom. The van der Waals surface area contributed by atoms with Crippen LogP contribution in [0.4, 0.5) is 4.39 Å². The summed E-state index contributed by atoms with van der Waals surface area (Å²) in [6, 6.07) is 18.7. The number of nitrogens with zero attached hydrogens (tertiary/aromatic N) is 1. The molecular formula is C18H14FNO. The Hall–Kier alpha value is -2.52. The number of aromatic nitrogens is 1. The average molecular weight is 279 g/mol. The van der Waals surface area contributed by atoms with Crippen LogP contribution in [0.1, 0.15) is 16.7 Å². The maximum absolute atomic E-state index is 13.2. The standard InChI is InChI=1S/C18H14FNO/c19-17-8-6-15(7-9-17)18(21,14-4-2-1-3-5-14)16-10-12-20-13-11-16/h1-13,21H/t18-/m0/s1. The molecule has 0 fully saturated rings. The monoisotopic (exact) mass is 279 g/mol. The fraction of sp³-hybridized carbons (Fsp3) is 0.0556. The van der Waals surface area contributed by atoms with Crippen molar-refractivity contribution in [2.45, 2.75) is 5.60 Å². The van der Waals surface area contributed by atoms with Crippen LogP contribution < -0.4 is 0 Å². The van der Waals surface area contributed by atoms with Crippen LogP contribution in [0.5, 0.6) is 0 Å². The molecule has 0 aliphatic rings. The van der Waals surface area contributed by atoms with Crippen LogP contribution in [0.25, 0.3) is 0 Å². The maximum Gasteiger partial charge on any atom is 0.140 e. The van der Waals surface area contributed by atoms with Gasteiger partial charge in [-0.25, -0.2) is 4.39 Å². The SMILES string of the molecule is O[C@](c1ccccc1)(c1ccncc1)c1ccc(F)cc1. The first-order valence-electron chi connectivity index (χ1n) is 6.66. The Bertz CT molecular complexity index is 672. The number of hydrogen-bond acceptors (Lipinski definition) is 2. The average Bonchev–Trinajstić information content (AvgIpc) is 2.56. The van der Waals surface area contributed by atoms with Crippen molar-refractivity contribution in [1.29, 1.82) is 0 Å². The minimum atomic E-state index is -1.34. The molecular weight excluding hydrogens is 265 g/mol. The lowest BCUT2D eigenvalue weighted by Crippen LogP contribution is -2.28. The van der Waals surface area contributed by atoms with Crippen LogP contribution in [0, 0.1) is 5.82 Å². The van der Waals surface area contributed by atoms with Crippen molar-refractivity contribution in [3.63, 3.8) is 0 Å². The van der Waals surface area contributed by atoms with Crippen LogP contribution in [0.3, 0.4) is 0 Å². The molecule has 0 spiro atoms. The summed E-state index contributed by atoms with van der Waals surface area (Å²) in [5.41, 5.74) is 0.692. The summed E-state index contributed by atoms with van der Waals surface area (Å²) in [7, 11) is 0. The van der Waals surface area contributed by atoms with Crippen molar-refractivity contribution in [1.82, 2.24) is 4.98 Å². The molecule has 21 heavy (non-hydrogen) atoms. The highest BCUT2D eigenvalue weighted by atomic mass is 19.1. The highest BCUT2D eigenvalue weighted by molar-refractivity contribution is 5.46. The van der Waals surface area contributed by atoms with Crippen molar-refractivity contribution >= 4 is 0 Å². The molecule has 3 aromatic rings. The van der Waals surface area contributed by atoms with Gasteiger partial charge in [0, 0.05) is 12.4 Å². The number of hydrogen-bond donors (Lipinski definition) is 1. The molecule has 1 atom stereocenters. The Morgan fingerprint density at radius 2 is 1.24 bits per heavy atom. The largest absolute Gasteiger partial charge is 0.376 e. The molecule has 0 radical (unpaired) electrons. The van der Waals surface area contributed by atoms with Gasteiger partial charge in [-0.15, -0.1) is 0 Å². The minimum absolute atomic E-state index is 0.330. The molecule has 0 unspecified atom stereocenters. The normalized spacial score (nSPS) is 13.6. The van der Waals surface area contributed by atoms with Crippen molar-refractivity contribution in [2.24, 2.45) is 0 Å². The van der Waals surface area contributed by atoms with E-state index >= 15 is 0 Å². The third-order valence-corrected chi connectivity index (χ3v) is 3.55. The van der Waals surface area contributed by atoms with E-state index in [1.807, 2.05) is 30.3 Å².